The number of benzene rings is 2. The van der Waals surface area contributed by atoms with Crippen LogP contribution in [-0.4, -0.2) is 18.8 Å². The van der Waals surface area contributed by atoms with E-state index in [9.17, 15) is 27.2 Å². The van der Waals surface area contributed by atoms with Gasteiger partial charge >= 0.3 is 6.18 Å². The Balaban J connectivity index is 2.37. The number of carbonyl (C=O) groups is 2. The Morgan fingerprint density at radius 3 is 2.33 bits per heavy atom. The van der Waals surface area contributed by atoms with E-state index >= 15 is 0 Å². The van der Waals surface area contributed by atoms with Gasteiger partial charge in [0.2, 0.25) is 0 Å². The molecule has 2 rings (SSSR count). The first kappa shape index (κ1) is 20.2. The number of alkyl halides is 3. The lowest BCUT2D eigenvalue weighted by atomic mass is 10.1. The normalized spacial score (nSPS) is 11.9. The second-order valence-corrected chi connectivity index (χ2v) is 5.51. The summed E-state index contributed by atoms with van der Waals surface area (Å²) >= 11 is 0. The quantitative estimate of drug-likeness (QED) is 0.360. The van der Waals surface area contributed by atoms with Crippen LogP contribution in [0.15, 0.2) is 48.0 Å². The summed E-state index contributed by atoms with van der Waals surface area (Å²) in [6, 6.07) is 8.13. The second-order valence-electron chi connectivity index (χ2n) is 5.51. The summed E-state index contributed by atoms with van der Waals surface area (Å²) < 4.78 is 57.6. The first-order chi connectivity index (χ1) is 12.6. The molecular formula is C19H15F4NO3. The molecule has 142 valence electrons. The van der Waals surface area contributed by atoms with E-state index < -0.39 is 40.5 Å². The second kappa shape index (κ2) is 8.03. The van der Waals surface area contributed by atoms with E-state index in [1.165, 1.54) is 31.4 Å². The molecule has 4 nitrogen and oxygen atoms in total. The molecule has 0 aromatic heterocycles. The number of amides is 1. The number of rotatable bonds is 5. The summed E-state index contributed by atoms with van der Waals surface area (Å²) in [5.41, 5.74) is -1.77. The van der Waals surface area contributed by atoms with Gasteiger partial charge in [0.1, 0.15) is 0 Å². The van der Waals surface area contributed by atoms with Crippen molar-refractivity contribution in [1.29, 1.82) is 0 Å². The lowest BCUT2D eigenvalue weighted by molar-refractivity contribution is -0.137. The van der Waals surface area contributed by atoms with Crippen LogP contribution in [0.1, 0.15) is 18.1 Å². The summed E-state index contributed by atoms with van der Waals surface area (Å²) in [6.07, 6.45) is -3.58. The van der Waals surface area contributed by atoms with Crippen molar-refractivity contribution in [2.75, 3.05) is 12.4 Å². The van der Waals surface area contributed by atoms with Crippen LogP contribution in [0.5, 0.6) is 5.75 Å². The molecule has 0 atom stereocenters. The fourth-order valence-electron chi connectivity index (χ4n) is 2.30. The summed E-state index contributed by atoms with van der Waals surface area (Å²) in [5, 5.41) is 2.09. The zero-order chi connectivity index (χ0) is 20.2. The van der Waals surface area contributed by atoms with Crippen molar-refractivity contribution in [3.05, 3.63) is 65.0 Å². The molecule has 0 spiro atoms. The third-order valence-electron chi connectivity index (χ3n) is 3.59. The maximum Gasteiger partial charge on any atom is 0.418 e. The number of methoxy groups -OCH3 is 1. The van der Waals surface area contributed by atoms with Crippen LogP contribution >= 0.6 is 0 Å². The van der Waals surface area contributed by atoms with Gasteiger partial charge in [0, 0.05) is 0 Å². The average molecular weight is 381 g/mol. The molecule has 0 unspecified atom stereocenters. The molecule has 0 fully saturated rings. The first-order valence-corrected chi connectivity index (χ1v) is 7.67. The number of hydrogen-bond acceptors (Lipinski definition) is 3. The maximum atomic E-state index is 13.8. The van der Waals surface area contributed by atoms with Crippen LogP contribution in [0.25, 0.3) is 6.08 Å². The highest BCUT2D eigenvalue weighted by Crippen LogP contribution is 2.34. The van der Waals surface area contributed by atoms with E-state index in [0.717, 1.165) is 31.2 Å². The van der Waals surface area contributed by atoms with Gasteiger partial charge in [-0.25, -0.2) is 4.39 Å². The van der Waals surface area contributed by atoms with Gasteiger partial charge in [0.05, 0.1) is 23.9 Å². The molecule has 8 heteroatoms. The molecule has 0 aliphatic rings. The zero-order valence-electron chi connectivity index (χ0n) is 14.4. The first-order valence-electron chi connectivity index (χ1n) is 7.67. The number of ketones is 1. The van der Waals surface area contributed by atoms with Crippen LogP contribution in [0.4, 0.5) is 23.2 Å². The van der Waals surface area contributed by atoms with Crippen molar-refractivity contribution in [1.82, 2.24) is 0 Å². The van der Waals surface area contributed by atoms with Gasteiger partial charge in [-0.3, -0.25) is 9.59 Å². The largest absolute Gasteiger partial charge is 0.494 e. The predicted molar refractivity (Wildman–Crippen MR) is 91.7 cm³/mol. The summed E-state index contributed by atoms with van der Waals surface area (Å²) in [7, 11) is 1.28. The number of carbonyl (C=O) groups excluding carboxylic acids is 2. The molecule has 0 radical (unpaired) electrons. The fraction of sp³-hybridized carbons (Fsp3) is 0.158. The number of ether oxygens (including phenoxy) is 1. The highest BCUT2D eigenvalue weighted by atomic mass is 19.4. The number of halogens is 4. The predicted octanol–water partition coefficient (Wildman–Crippen LogP) is 4.46. The van der Waals surface area contributed by atoms with Gasteiger partial charge < -0.3 is 10.1 Å². The fourth-order valence-corrected chi connectivity index (χ4v) is 2.30. The van der Waals surface area contributed by atoms with E-state index in [2.05, 4.69) is 5.32 Å². The third kappa shape index (κ3) is 4.93. The Kier molecular flexibility index (Phi) is 5.99. The Labute approximate surface area is 152 Å². The Hall–Kier alpha value is -3.16. The molecule has 0 aliphatic carbocycles. The van der Waals surface area contributed by atoms with Gasteiger partial charge in [-0.05, 0) is 42.8 Å². The number of hydrogen-bond donors (Lipinski definition) is 1. The maximum absolute atomic E-state index is 13.8. The standard InChI is InChI=1S/C19H15F4NO3/c1-11(25)13(9-12-7-8-17(27-2)15(20)10-12)18(26)24-16-6-4-3-5-14(16)19(21,22)23/h3-10H,1-2H3,(H,24,26)/b13-9+. The van der Waals surface area contributed by atoms with Gasteiger partial charge in [-0.2, -0.15) is 13.2 Å². The van der Waals surface area contributed by atoms with E-state index in [1.54, 1.807) is 0 Å². The van der Waals surface area contributed by atoms with Crippen molar-refractivity contribution >= 4 is 23.5 Å². The van der Waals surface area contributed by atoms with E-state index in [4.69, 9.17) is 4.74 Å². The number of para-hydroxylation sites is 1. The van der Waals surface area contributed by atoms with Crippen LogP contribution in [0.2, 0.25) is 0 Å². The minimum absolute atomic E-state index is 0.0277. The average Bonchev–Trinajstić information content (AvgIpc) is 2.59. The third-order valence-corrected chi connectivity index (χ3v) is 3.59. The number of anilines is 1. The van der Waals surface area contributed by atoms with Crippen molar-refractivity contribution in [2.24, 2.45) is 0 Å². The highest BCUT2D eigenvalue weighted by Gasteiger charge is 2.33. The molecule has 27 heavy (non-hydrogen) atoms. The molecule has 0 bridgehead atoms. The van der Waals surface area contributed by atoms with Gasteiger partial charge in [0.25, 0.3) is 5.91 Å². The molecule has 2 aromatic rings. The minimum Gasteiger partial charge on any atom is -0.494 e. The van der Waals surface area contributed by atoms with Crippen molar-refractivity contribution in [2.45, 2.75) is 13.1 Å². The molecule has 0 heterocycles. The summed E-state index contributed by atoms with van der Waals surface area (Å²) in [4.78, 5) is 24.2. The van der Waals surface area contributed by atoms with Gasteiger partial charge in [-0.1, -0.05) is 18.2 Å². The topological polar surface area (TPSA) is 55.4 Å². The van der Waals surface area contributed by atoms with Crippen LogP contribution in [0.3, 0.4) is 0 Å². The Bertz CT molecular complexity index is 904. The lowest BCUT2D eigenvalue weighted by Gasteiger charge is -2.14. The van der Waals surface area contributed by atoms with Crippen LogP contribution < -0.4 is 10.1 Å². The smallest absolute Gasteiger partial charge is 0.418 e. The lowest BCUT2D eigenvalue weighted by Crippen LogP contribution is -2.21. The number of Topliss-reactive ketones (excluding diaryl/α,β-unsaturated/α-hetero) is 1. The molecule has 1 N–H and O–H groups in total. The summed E-state index contributed by atoms with van der Waals surface area (Å²) in [6.45, 7) is 1.08. The molecule has 1 amide bonds. The number of nitrogens with one attached hydrogen (secondary N) is 1. The highest BCUT2D eigenvalue weighted by molar-refractivity contribution is 6.25. The van der Waals surface area contributed by atoms with Crippen LogP contribution in [-0.2, 0) is 15.8 Å². The monoisotopic (exact) mass is 381 g/mol. The SMILES string of the molecule is COc1ccc(/C=C(\C(C)=O)C(=O)Nc2ccccc2C(F)(F)F)cc1F. The molecule has 2 aromatic carbocycles. The summed E-state index contributed by atoms with van der Waals surface area (Å²) in [5.74, 6) is -2.46. The van der Waals surface area contributed by atoms with Crippen molar-refractivity contribution in [3.63, 3.8) is 0 Å². The zero-order valence-corrected chi connectivity index (χ0v) is 14.4. The van der Waals surface area contributed by atoms with E-state index in [0.29, 0.717) is 0 Å². The van der Waals surface area contributed by atoms with Gasteiger partial charge in [-0.15, -0.1) is 0 Å². The van der Waals surface area contributed by atoms with E-state index in [1.807, 2.05) is 0 Å². The molecule has 0 saturated carbocycles. The Morgan fingerprint density at radius 1 is 1.11 bits per heavy atom. The molecular weight excluding hydrogens is 366 g/mol. The van der Waals surface area contributed by atoms with Crippen molar-refractivity contribution < 1.29 is 31.9 Å². The van der Waals surface area contributed by atoms with Crippen molar-refractivity contribution in [3.8, 4) is 5.75 Å². The molecule has 0 aliphatic heterocycles. The van der Waals surface area contributed by atoms with Gasteiger partial charge in [0.15, 0.2) is 17.3 Å². The minimum atomic E-state index is -4.68. The Morgan fingerprint density at radius 2 is 1.78 bits per heavy atom. The van der Waals surface area contributed by atoms with Crippen LogP contribution in [0, 0.1) is 5.82 Å². The molecule has 0 saturated heterocycles. The van der Waals surface area contributed by atoms with E-state index in [-0.39, 0.29) is 11.3 Å².